The predicted octanol–water partition coefficient (Wildman–Crippen LogP) is 2.17. The molecule has 0 bridgehead atoms. The van der Waals surface area contributed by atoms with Crippen LogP contribution in [0.5, 0.6) is 0 Å². The number of benzene rings is 1. The monoisotopic (exact) mass is 262 g/mol. The van der Waals surface area contributed by atoms with Crippen LogP contribution in [0.15, 0.2) is 24.3 Å². The lowest BCUT2D eigenvalue weighted by Crippen LogP contribution is -2.42. The van der Waals surface area contributed by atoms with Gasteiger partial charge < -0.3 is 15.7 Å². The maximum atomic E-state index is 11.8. The van der Waals surface area contributed by atoms with Crippen molar-refractivity contribution in [2.75, 3.05) is 0 Å². The lowest BCUT2D eigenvalue weighted by Gasteiger charge is -2.18. The van der Waals surface area contributed by atoms with Crippen LogP contribution in [-0.4, -0.2) is 17.2 Å². The number of aliphatic hydroxyl groups excluding tert-OH is 1. The number of rotatable bonds is 4. The first-order chi connectivity index (χ1) is 9.20. The number of hydrogen-bond donors (Lipinski definition) is 3. The zero-order valence-electron chi connectivity index (χ0n) is 11.4. The van der Waals surface area contributed by atoms with E-state index in [2.05, 4.69) is 17.6 Å². The van der Waals surface area contributed by atoms with Gasteiger partial charge in [0.25, 0.3) is 0 Å². The summed E-state index contributed by atoms with van der Waals surface area (Å²) in [7, 11) is 0. The van der Waals surface area contributed by atoms with Crippen LogP contribution in [0.1, 0.15) is 37.3 Å². The van der Waals surface area contributed by atoms with Crippen molar-refractivity contribution in [2.45, 2.75) is 45.4 Å². The fourth-order valence-corrected chi connectivity index (χ4v) is 2.64. The molecule has 19 heavy (non-hydrogen) atoms. The third-order valence-corrected chi connectivity index (χ3v) is 3.91. The number of carbonyl (C=O) groups is 1. The van der Waals surface area contributed by atoms with Crippen LogP contribution in [-0.2, 0) is 13.2 Å². The minimum absolute atomic E-state index is 0.000862. The summed E-state index contributed by atoms with van der Waals surface area (Å²) in [4.78, 5) is 11.8. The number of hydrogen-bond acceptors (Lipinski definition) is 2. The summed E-state index contributed by atoms with van der Waals surface area (Å²) in [5, 5.41) is 15.1. The first-order valence-electron chi connectivity index (χ1n) is 6.92. The molecule has 0 spiro atoms. The molecule has 0 saturated heterocycles. The Labute approximate surface area is 114 Å². The van der Waals surface area contributed by atoms with E-state index in [0.717, 1.165) is 17.5 Å². The van der Waals surface area contributed by atoms with Crippen molar-refractivity contribution >= 4 is 6.03 Å². The van der Waals surface area contributed by atoms with Crippen molar-refractivity contribution in [3.63, 3.8) is 0 Å². The summed E-state index contributed by atoms with van der Waals surface area (Å²) in [6, 6.07) is 7.76. The molecule has 1 aliphatic carbocycles. The van der Waals surface area contributed by atoms with Gasteiger partial charge in [0, 0.05) is 12.6 Å². The van der Waals surface area contributed by atoms with Crippen molar-refractivity contribution in [3.8, 4) is 0 Å². The minimum Gasteiger partial charge on any atom is -0.392 e. The molecular formula is C15H22N2O2. The summed E-state index contributed by atoms with van der Waals surface area (Å²) in [5.41, 5.74) is 1.82. The summed E-state index contributed by atoms with van der Waals surface area (Å²) >= 11 is 0. The Kier molecular flexibility index (Phi) is 4.80. The standard InChI is InChI=1S/C15H22N2O2/c1-11-5-4-8-14(11)17-15(19)16-9-12-6-2-3-7-13(12)10-18/h2-3,6-7,11,14,18H,4-5,8-10H2,1H3,(H2,16,17,19). The lowest BCUT2D eigenvalue weighted by molar-refractivity contribution is 0.233. The van der Waals surface area contributed by atoms with Gasteiger partial charge in [-0.2, -0.15) is 0 Å². The third-order valence-electron chi connectivity index (χ3n) is 3.91. The van der Waals surface area contributed by atoms with Crippen LogP contribution in [0.3, 0.4) is 0 Å². The van der Waals surface area contributed by atoms with Gasteiger partial charge in [-0.05, 0) is 29.9 Å². The van der Waals surface area contributed by atoms with E-state index in [1.165, 1.54) is 12.8 Å². The van der Waals surface area contributed by atoms with E-state index in [1.807, 2.05) is 24.3 Å². The zero-order valence-corrected chi connectivity index (χ0v) is 11.4. The molecule has 1 aromatic rings. The minimum atomic E-state index is -0.119. The second-order valence-corrected chi connectivity index (χ2v) is 5.27. The molecule has 0 heterocycles. The average molecular weight is 262 g/mol. The summed E-state index contributed by atoms with van der Waals surface area (Å²) in [6.07, 6.45) is 3.46. The van der Waals surface area contributed by atoms with Crippen LogP contribution in [0.4, 0.5) is 4.79 Å². The van der Waals surface area contributed by atoms with E-state index in [-0.39, 0.29) is 12.6 Å². The highest BCUT2D eigenvalue weighted by molar-refractivity contribution is 5.74. The van der Waals surface area contributed by atoms with Crippen LogP contribution in [0.25, 0.3) is 0 Å². The van der Waals surface area contributed by atoms with Gasteiger partial charge in [0.1, 0.15) is 0 Å². The molecule has 3 N–H and O–H groups in total. The number of urea groups is 1. The largest absolute Gasteiger partial charge is 0.392 e. The molecule has 1 fully saturated rings. The van der Waals surface area contributed by atoms with Crippen LogP contribution in [0, 0.1) is 5.92 Å². The van der Waals surface area contributed by atoms with E-state index < -0.39 is 0 Å². The lowest BCUT2D eigenvalue weighted by atomic mass is 10.1. The van der Waals surface area contributed by atoms with Crippen molar-refractivity contribution in [3.05, 3.63) is 35.4 Å². The maximum Gasteiger partial charge on any atom is 0.315 e. The second-order valence-electron chi connectivity index (χ2n) is 5.27. The van der Waals surface area contributed by atoms with Crippen molar-refractivity contribution in [2.24, 2.45) is 5.92 Å². The zero-order chi connectivity index (χ0) is 13.7. The molecule has 4 heteroatoms. The molecule has 2 unspecified atom stereocenters. The van der Waals surface area contributed by atoms with Gasteiger partial charge in [-0.25, -0.2) is 4.79 Å². The SMILES string of the molecule is CC1CCCC1NC(=O)NCc1ccccc1CO. The molecule has 4 nitrogen and oxygen atoms in total. The van der Waals surface area contributed by atoms with Gasteiger partial charge in [0.05, 0.1) is 6.61 Å². The van der Waals surface area contributed by atoms with Gasteiger partial charge in [0.15, 0.2) is 0 Å². The molecule has 1 saturated carbocycles. The van der Waals surface area contributed by atoms with E-state index in [1.54, 1.807) is 0 Å². The Balaban J connectivity index is 1.83. The highest BCUT2D eigenvalue weighted by Crippen LogP contribution is 2.24. The Morgan fingerprint density at radius 1 is 1.32 bits per heavy atom. The molecule has 1 aromatic carbocycles. The molecule has 0 aliphatic heterocycles. The molecule has 1 aliphatic rings. The van der Waals surface area contributed by atoms with Crippen LogP contribution < -0.4 is 10.6 Å². The normalized spacial score (nSPS) is 22.2. The maximum absolute atomic E-state index is 11.8. The average Bonchev–Trinajstić information content (AvgIpc) is 2.82. The van der Waals surface area contributed by atoms with Gasteiger partial charge in [0.2, 0.25) is 0 Å². The van der Waals surface area contributed by atoms with Crippen molar-refractivity contribution in [1.82, 2.24) is 10.6 Å². The van der Waals surface area contributed by atoms with E-state index in [4.69, 9.17) is 0 Å². The fraction of sp³-hybridized carbons (Fsp3) is 0.533. The summed E-state index contributed by atoms with van der Waals surface area (Å²) < 4.78 is 0. The quantitative estimate of drug-likeness (QED) is 0.778. The smallest absolute Gasteiger partial charge is 0.315 e. The molecule has 104 valence electrons. The van der Waals surface area contributed by atoms with Gasteiger partial charge in [-0.15, -0.1) is 0 Å². The number of nitrogens with one attached hydrogen (secondary N) is 2. The number of amides is 2. The third kappa shape index (κ3) is 3.70. The van der Waals surface area contributed by atoms with E-state index in [9.17, 15) is 9.90 Å². The Morgan fingerprint density at radius 2 is 2.05 bits per heavy atom. The Morgan fingerprint density at radius 3 is 2.68 bits per heavy atom. The van der Waals surface area contributed by atoms with Gasteiger partial charge >= 0.3 is 6.03 Å². The van der Waals surface area contributed by atoms with E-state index in [0.29, 0.717) is 18.5 Å². The molecular weight excluding hydrogens is 240 g/mol. The van der Waals surface area contributed by atoms with Gasteiger partial charge in [-0.3, -0.25) is 0 Å². The molecule has 2 rings (SSSR count). The Hall–Kier alpha value is -1.55. The highest BCUT2D eigenvalue weighted by Gasteiger charge is 2.24. The second kappa shape index (κ2) is 6.57. The van der Waals surface area contributed by atoms with Gasteiger partial charge in [-0.1, -0.05) is 37.6 Å². The predicted molar refractivity (Wildman–Crippen MR) is 74.5 cm³/mol. The topological polar surface area (TPSA) is 61.4 Å². The summed E-state index contributed by atoms with van der Waals surface area (Å²) in [6.45, 7) is 2.63. The first-order valence-corrected chi connectivity index (χ1v) is 6.92. The fourth-order valence-electron chi connectivity index (χ4n) is 2.64. The Bertz CT molecular complexity index is 434. The molecule has 0 radical (unpaired) electrons. The number of carbonyl (C=O) groups excluding carboxylic acids is 1. The highest BCUT2D eigenvalue weighted by atomic mass is 16.3. The van der Waals surface area contributed by atoms with Crippen molar-refractivity contribution < 1.29 is 9.90 Å². The molecule has 2 amide bonds. The molecule has 2 atom stereocenters. The summed E-state index contributed by atoms with van der Waals surface area (Å²) in [5.74, 6) is 0.565. The van der Waals surface area contributed by atoms with Crippen LogP contribution in [0.2, 0.25) is 0 Å². The van der Waals surface area contributed by atoms with Crippen LogP contribution >= 0.6 is 0 Å². The first kappa shape index (κ1) is 13.9. The van der Waals surface area contributed by atoms with Crippen molar-refractivity contribution in [1.29, 1.82) is 0 Å². The molecule has 0 aromatic heterocycles. The van der Waals surface area contributed by atoms with E-state index >= 15 is 0 Å². The number of aliphatic hydroxyl groups is 1.